The molecule has 0 amide bonds. The van der Waals surface area contributed by atoms with Gasteiger partial charge in [-0.2, -0.15) is 0 Å². The molecule has 2 aliphatic rings. The number of rotatable bonds is 11. The Morgan fingerprint density at radius 3 is 2.55 bits per heavy atom. The van der Waals surface area contributed by atoms with Gasteiger partial charge in [-0.25, -0.2) is 17.7 Å². The van der Waals surface area contributed by atoms with Crippen LogP contribution < -0.4 is 9.04 Å². The molecule has 0 radical (unpaired) electrons. The lowest BCUT2D eigenvalue weighted by Crippen LogP contribution is -2.48. The Morgan fingerprint density at radius 1 is 1.19 bits per heavy atom. The second-order valence-electron chi connectivity index (χ2n) is 11.5. The molecule has 0 aliphatic carbocycles. The number of aliphatic hydroxyl groups is 1. The molecule has 0 spiro atoms. The van der Waals surface area contributed by atoms with Crippen molar-refractivity contribution in [1.82, 2.24) is 14.8 Å². The van der Waals surface area contributed by atoms with E-state index in [1.165, 1.54) is 42.2 Å². The van der Waals surface area contributed by atoms with Crippen molar-refractivity contribution in [2.45, 2.75) is 56.8 Å². The van der Waals surface area contributed by atoms with Gasteiger partial charge in [-0.1, -0.05) is 31.4 Å². The Bertz CT molecular complexity index is 1530. The smallest absolute Gasteiger partial charge is 0.246 e. The molecular formula is C28H39N5O7SSi. The third kappa shape index (κ3) is 6.64. The number of para-hydroxylation sites is 1. The number of phenols is 1. The van der Waals surface area contributed by atoms with Gasteiger partial charge in [0.25, 0.3) is 0 Å². The van der Waals surface area contributed by atoms with Crippen molar-refractivity contribution in [3.8, 4) is 17.2 Å². The number of aromatic hydroxyl groups is 1. The van der Waals surface area contributed by atoms with Gasteiger partial charge in [0, 0.05) is 27.8 Å². The molecule has 14 heteroatoms. The molecule has 3 heterocycles. The molecule has 228 valence electrons. The number of ether oxygens (including phenoxy) is 3. The highest BCUT2D eigenvalue weighted by molar-refractivity contribution is 7.93. The summed E-state index contributed by atoms with van der Waals surface area (Å²) in [5.74, 6) is 0.0851. The topological polar surface area (TPSA) is 149 Å². The number of methoxy groups -OCH3 is 2. The molecule has 2 aliphatic heterocycles. The lowest BCUT2D eigenvalue weighted by Gasteiger charge is -2.34. The van der Waals surface area contributed by atoms with Crippen LogP contribution in [0.2, 0.25) is 25.7 Å². The molecule has 1 fully saturated rings. The largest absolute Gasteiger partial charge is 0.506 e. The van der Waals surface area contributed by atoms with E-state index in [1.54, 1.807) is 12.1 Å². The summed E-state index contributed by atoms with van der Waals surface area (Å²) in [4.78, 5) is 4.41. The van der Waals surface area contributed by atoms with E-state index in [9.17, 15) is 18.6 Å². The number of hydrogen-bond acceptors (Lipinski definition) is 10. The van der Waals surface area contributed by atoms with Crippen LogP contribution in [0.15, 0.2) is 40.7 Å². The van der Waals surface area contributed by atoms with Crippen molar-refractivity contribution in [3.05, 3.63) is 41.6 Å². The minimum absolute atomic E-state index is 0.0768. The molecule has 12 nitrogen and oxygen atoms in total. The Morgan fingerprint density at radius 2 is 1.90 bits per heavy atom. The highest BCUT2D eigenvalue weighted by atomic mass is 32.2. The quantitative estimate of drug-likeness (QED) is 0.286. The Hall–Kier alpha value is -3.38. The first-order valence-electron chi connectivity index (χ1n) is 13.8. The van der Waals surface area contributed by atoms with Crippen LogP contribution >= 0.6 is 0 Å². The summed E-state index contributed by atoms with van der Waals surface area (Å²) in [7, 11) is -3.09. The van der Waals surface area contributed by atoms with Crippen LogP contribution in [0.3, 0.4) is 0 Å². The van der Waals surface area contributed by atoms with Crippen LogP contribution in [-0.4, -0.2) is 92.7 Å². The van der Waals surface area contributed by atoms with Gasteiger partial charge < -0.3 is 24.4 Å². The van der Waals surface area contributed by atoms with Crippen molar-refractivity contribution < 1.29 is 32.8 Å². The maximum absolute atomic E-state index is 14.4. The Balaban J connectivity index is 1.94. The van der Waals surface area contributed by atoms with Gasteiger partial charge in [0.05, 0.1) is 26.4 Å². The Labute approximate surface area is 247 Å². The van der Waals surface area contributed by atoms with Crippen LogP contribution in [0.5, 0.6) is 11.5 Å². The summed E-state index contributed by atoms with van der Waals surface area (Å²) >= 11 is 0. The maximum Gasteiger partial charge on any atom is 0.246 e. The molecule has 0 bridgehead atoms. The normalized spacial score (nSPS) is 17.4. The van der Waals surface area contributed by atoms with Gasteiger partial charge in [0.1, 0.15) is 22.4 Å². The summed E-state index contributed by atoms with van der Waals surface area (Å²) < 4.78 is 47.7. The monoisotopic (exact) mass is 617 g/mol. The number of hydrogen-bond donors (Lipinski definition) is 2. The Kier molecular flexibility index (Phi) is 9.66. The summed E-state index contributed by atoms with van der Waals surface area (Å²) in [6.45, 7) is 8.99. The zero-order chi connectivity index (χ0) is 30.7. The lowest BCUT2D eigenvalue weighted by molar-refractivity contribution is 0.00812. The van der Waals surface area contributed by atoms with Crippen molar-refractivity contribution in [2.24, 2.45) is 10.9 Å². The minimum atomic E-state index is -4.21. The van der Waals surface area contributed by atoms with Crippen LogP contribution in [0.25, 0.3) is 11.4 Å². The van der Waals surface area contributed by atoms with Crippen LogP contribution in [0.4, 0.5) is 5.95 Å². The first kappa shape index (κ1) is 31.6. The van der Waals surface area contributed by atoms with Crippen molar-refractivity contribution >= 4 is 35.6 Å². The zero-order valence-electron chi connectivity index (χ0n) is 24.9. The van der Waals surface area contributed by atoms with Gasteiger partial charge in [-0.15, -0.1) is 10.2 Å². The first-order chi connectivity index (χ1) is 19.9. The summed E-state index contributed by atoms with van der Waals surface area (Å²) in [5, 5.41) is 29.9. The van der Waals surface area contributed by atoms with Crippen LogP contribution in [-0.2, 0) is 19.5 Å². The number of phenolic OH excluding ortho intramolecular Hbond substituents is 1. The van der Waals surface area contributed by atoms with Gasteiger partial charge in [0.2, 0.25) is 21.9 Å². The summed E-state index contributed by atoms with van der Waals surface area (Å²) in [5.41, 5.74) is 6.00. The molecule has 0 saturated carbocycles. The van der Waals surface area contributed by atoms with Gasteiger partial charge in [-0.3, -0.25) is 4.57 Å². The molecule has 2 atom stereocenters. The van der Waals surface area contributed by atoms with Crippen molar-refractivity contribution in [1.29, 1.82) is 0 Å². The molecule has 42 heavy (non-hydrogen) atoms. The number of nitrogens with zero attached hydrogens (tertiary/aromatic N) is 5. The highest BCUT2D eigenvalue weighted by Crippen LogP contribution is 2.38. The molecule has 2 aromatic rings. The van der Waals surface area contributed by atoms with Crippen molar-refractivity contribution in [3.63, 3.8) is 0 Å². The maximum atomic E-state index is 14.4. The van der Waals surface area contributed by atoms with Gasteiger partial charge in [0.15, 0.2) is 11.5 Å². The van der Waals surface area contributed by atoms with E-state index in [0.29, 0.717) is 32.1 Å². The number of benzene rings is 1. The van der Waals surface area contributed by atoms with E-state index >= 15 is 0 Å². The number of aliphatic imine (C=N–C) groups is 1. The molecule has 2 N–H and O–H groups in total. The van der Waals surface area contributed by atoms with E-state index in [1.807, 2.05) is 0 Å². The average Bonchev–Trinajstić information content (AvgIpc) is 3.40. The molecule has 1 aromatic heterocycles. The average molecular weight is 618 g/mol. The van der Waals surface area contributed by atoms with E-state index < -0.39 is 29.5 Å². The van der Waals surface area contributed by atoms with Gasteiger partial charge in [-0.05, 0) is 49.6 Å². The lowest BCUT2D eigenvalue weighted by atomic mass is 9.92. The number of aliphatic hydroxyl groups excluding tert-OH is 1. The number of anilines is 1. The third-order valence-corrected chi connectivity index (χ3v) is 11.3. The SMILES string of the molecule is COC1=NC(c2nnc(N(CC[Si](C)(C)C)S(=O)(=O)[C@@H](C)[C@@H](O)C3CCOCC3)n2-c2c(O)cccc2OC)=C=C=C1. The zero-order valence-corrected chi connectivity index (χ0v) is 26.7. The minimum Gasteiger partial charge on any atom is -0.506 e. The molecular weight excluding hydrogens is 578 g/mol. The predicted molar refractivity (Wildman–Crippen MR) is 162 cm³/mol. The molecule has 0 unspecified atom stereocenters. The van der Waals surface area contributed by atoms with E-state index in [0.717, 1.165) is 0 Å². The molecule has 4 rings (SSSR count). The van der Waals surface area contributed by atoms with Crippen molar-refractivity contribution in [2.75, 3.05) is 38.3 Å². The highest BCUT2D eigenvalue weighted by Gasteiger charge is 2.41. The summed E-state index contributed by atoms with van der Waals surface area (Å²) in [6, 6.07) is 5.30. The summed E-state index contributed by atoms with van der Waals surface area (Å²) in [6.07, 6.45) is 1.51. The van der Waals surface area contributed by atoms with E-state index in [-0.39, 0.29) is 53.0 Å². The number of aromatic nitrogens is 3. The predicted octanol–water partition coefficient (Wildman–Crippen LogP) is 3.34. The van der Waals surface area contributed by atoms with E-state index in [4.69, 9.17) is 14.2 Å². The van der Waals surface area contributed by atoms with E-state index in [2.05, 4.69) is 46.3 Å². The number of sulfonamides is 1. The third-order valence-electron chi connectivity index (χ3n) is 7.39. The van der Waals surface area contributed by atoms with Crippen LogP contribution in [0, 0.1) is 5.92 Å². The molecule has 1 saturated heterocycles. The fraction of sp³-hybridized carbons (Fsp3) is 0.536. The first-order valence-corrected chi connectivity index (χ1v) is 19.0. The standard InChI is InChI=1S/C28H39N5O7SSi/c1-19(26(35)20-13-16-40-17-14-20)41(36,37)32(15-18-42(4,5)6)28-31-30-27(21-9-7-12-24(29-21)39-3)33(28)25-22(34)10-8-11-23(25)38-2/h8,10-12,19-20,26,34-35H,13-18H2,1-6H3/t19-,26+/m0/s1. The molecule has 1 aromatic carbocycles. The van der Waals surface area contributed by atoms with Crippen LogP contribution in [0.1, 0.15) is 25.6 Å². The fourth-order valence-electron chi connectivity index (χ4n) is 4.84. The fourth-order valence-corrected chi connectivity index (χ4v) is 7.56. The van der Waals surface area contributed by atoms with Gasteiger partial charge >= 0.3 is 0 Å². The second kappa shape index (κ2) is 12.9. The second-order valence-corrected chi connectivity index (χ2v) is 19.3.